The lowest BCUT2D eigenvalue weighted by Crippen LogP contribution is -2.60. The lowest BCUT2D eigenvalue weighted by atomic mass is 9.99. The first-order valence-corrected chi connectivity index (χ1v) is 21.4. The third kappa shape index (κ3) is 24.3. The van der Waals surface area contributed by atoms with Gasteiger partial charge in [0.15, 0.2) is 6.29 Å². The summed E-state index contributed by atoms with van der Waals surface area (Å²) in [5.41, 5.74) is 0. The van der Waals surface area contributed by atoms with E-state index in [9.17, 15) is 30.3 Å². The lowest BCUT2D eigenvalue weighted by molar-refractivity contribution is -0.304. The zero-order valence-corrected chi connectivity index (χ0v) is 33.3. The molecular formula is C42H81NO9. The van der Waals surface area contributed by atoms with Gasteiger partial charge < -0.3 is 45.1 Å². The summed E-state index contributed by atoms with van der Waals surface area (Å²) in [5.74, 6) is -0.261. The Labute approximate surface area is 317 Å². The van der Waals surface area contributed by atoms with E-state index >= 15 is 0 Å². The van der Waals surface area contributed by atoms with E-state index in [4.69, 9.17) is 14.2 Å². The number of aliphatic hydroxyl groups is 5. The average Bonchev–Trinajstić information content (AvgIpc) is 3.13. The van der Waals surface area contributed by atoms with Crippen LogP contribution >= 0.6 is 0 Å². The van der Waals surface area contributed by atoms with Crippen LogP contribution in [0.25, 0.3) is 0 Å². The maximum atomic E-state index is 12.7. The van der Waals surface area contributed by atoms with Crippen molar-refractivity contribution in [2.24, 2.45) is 0 Å². The Balaban J connectivity index is 2.12. The summed E-state index contributed by atoms with van der Waals surface area (Å²) in [7, 11) is 0. The number of nitrogens with one attached hydrogen (secondary N) is 1. The van der Waals surface area contributed by atoms with E-state index in [2.05, 4.69) is 18.8 Å². The Morgan fingerprint density at radius 2 is 1.17 bits per heavy atom. The summed E-state index contributed by atoms with van der Waals surface area (Å²) in [4.78, 5) is 12.7. The summed E-state index contributed by atoms with van der Waals surface area (Å²) >= 11 is 0. The van der Waals surface area contributed by atoms with Gasteiger partial charge in [-0.2, -0.15) is 0 Å². The van der Waals surface area contributed by atoms with Crippen molar-refractivity contribution in [1.29, 1.82) is 0 Å². The van der Waals surface area contributed by atoms with E-state index in [-0.39, 0.29) is 19.1 Å². The number of unbranched alkanes of at least 4 members (excludes halogenated alkanes) is 23. The van der Waals surface area contributed by atoms with Crippen molar-refractivity contribution in [3.63, 3.8) is 0 Å². The number of aliphatic hydroxyl groups excluding tert-OH is 5. The van der Waals surface area contributed by atoms with Gasteiger partial charge in [0, 0.05) is 13.0 Å². The molecule has 0 spiro atoms. The number of carbonyl (C=O) groups is 1. The first-order valence-electron chi connectivity index (χ1n) is 21.4. The highest BCUT2D eigenvalue weighted by Crippen LogP contribution is 2.23. The van der Waals surface area contributed by atoms with Crippen LogP contribution in [0.1, 0.15) is 181 Å². The van der Waals surface area contributed by atoms with E-state index in [0.717, 1.165) is 32.1 Å². The Morgan fingerprint density at radius 3 is 1.62 bits per heavy atom. The number of amides is 1. The van der Waals surface area contributed by atoms with Crippen LogP contribution in [0.2, 0.25) is 0 Å². The van der Waals surface area contributed by atoms with Crippen LogP contribution in [0, 0.1) is 0 Å². The monoisotopic (exact) mass is 744 g/mol. The van der Waals surface area contributed by atoms with Crippen LogP contribution in [-0.2, 0) is 19.0 Å². The van der Waals surface area contributed by atoms with Crippen molar-refractivity contribution in [3.05, 3.63) is 12.7 Å². The van der Waals surface area contributed by atoms with Crippen LogP contribution in [0.4, 0.5) is 0 Å². The van der Waals surface area contributed by atoms with Gasteiger partial charge >= 0.3 is 0 Å². The molecule has 1 aliphatic heterocycles. The van der Waals surface area contributed by atoms with Gasteiger partial charge in [-0.1, -0.05) is 154 Å². The second kappa shape index (κ2) is 33.2. The van der Waals surface area contributed by atoms with E-state index in [0.29, 0.717) is 13.0 Å². The zero-order chi connectivity index (χ0) is 38.2. The molecule has 1 saturated heterocycles. The molecule has 3 unspecified atom stereocenters. The molecule has 10 heteroatoms. The normalized spacial score (nSPS) is 22.2. The van der Waals surface area contributed by atoms with E-state index in [1.807, 2.05) is 0 Å². The van der Waals surface area contributed by atoms with Crippen LogP contribution in [0.15, 0.2) is 12.7 Å². The maximum Gasteiger partial charge on any atom is 0.220 e. The molecule has 1 amide bonds. The minimum absolute atomic E-state index is 0.0159. The standard InChI is InChI=1S/C42H81NO9/c1-4-6-8-9-10-11-12-13-14-15-16-17-18-19-20-21-22-23-24-25-26-27-28-30-37(45)43-35(38(46)34(3)44)32-51-42-41(49)40(48)39(47)36(52-42)33-50-31-29-7-5-2/h5,34-36,38-42,44,46-49H,2,4,6-33H2,1,3H3,(H,43,45)/t34-,35+,36?,38-,39+,40?,41?,42+/m1/s1. The summed E-state index contributed by atoms with van der Waals surface area (Å²) in [5, 5.41) is 54.4. The van der Waals surface area contributed by atoms with E-state index < -0.39 is 49.0 Å². The smallest absolute Gasteiger partial charge is 0.220 e. The quantitative estimate of drug-likeness (QED) is 0.0284. The minimum atomic E-state index is -1.55. The molecule has 10 nitrogen and oxygen atoms in total. The fraction of sp³-hybridized carbons (Fsp3) is 0.929. The molecule has 1 fully saturated rings. The van der Waals surface area contributed by atoms with Crippen molar-refractivity contribution in [2.45, 2.75) is 230 Å². The highest BCUT2D eigenvalue weighted by Gasteiger charge is 2.44. The topological polar surface area (TPSA) is 158 Å². The number of rotatable bonds is 36. The Bertz CT molecular complexity index is 831. The predicted octanol–water partition coefficient (Wildman–Crippen LogP) is 7.40. The minimum Gasteiger partial charge on any atom is -0.391 e. The van der Waals surface area contributed by atoms with Gasteiger partial charge in [-0.05, 0) is 26.2 Å². The fourth-order valence-electron chi connectivity index (χ4n) is 6.83. The number of hydrogen-bond donors (Lipinski definition) is 6. The molecule has 6 N–H and O–H groups in total. The Hall–Kier alpha value is -1.11. The SMILES string of the molecule is C=CCCCOCC1O[C@H](OC[C@H](NC(=O)CCCCCCCCCCCCCCCCCCCCCCCCC)[C@H](O)[C@@H](C)O)C(O)C(O)[C@H]1O. The molecule has 0 aromatic heterocycles. The summed E-state index contributed by atoms with van der Waals surface area (Å²) < 4.78 is 16.9. The average molecular weight is 744 g/mol. The van der Waals surface area contributed by atoms with Crippen molar-refractivity contribution in [1.82, 2.24) is 5.32 Å². The molecule has 0 aromatic carbocycles. The lowest BCUT2D eigenvalue weighted by Gasteiger charge is -2.40. The maximum absolute atomic E-state index is 12.7. The molecular weight excluding hydrogens is 662 g/mol. The largest absolute Gasteiger partial charge is 0.391 e. The molecule has 1 aliphatic rings. The van der Waals surface area contributed by atoms with Crippen molar-refractivity contribution < 1.29 is 44.5 Å². The molecule has 52 heavy (non-hydrogen) atoms. The van der Waals surface area contributed by atoms with Crippen molar-refractivity contribution >= 4 is 5.91 Å². The second-order valence-electron chi connectivity index (χ2n) is 15.3. The summed E-state index contributed by atoms with van der Waals surface area (Å²) in [6.45, 7) is 7.47. The van der Waals surface area contributed by atoms with Gasteiger partial charge in [0.1, 0.15) is 30.5 Å². The van der Waals surface area contributed by atoms with Gasteiger partial charge in [0.05, 0.1) is 25.4 Å². The zero-order valence-electron chi connectivity index (χ0n) is 33.3. The van der Waals surface area contributed by atoms with Crippen LogP contribution in [0.5, 0.6) is 0 Å². The van der Waals surface area contributed by atoms with Crippen LogP contribution < -0.4 is 5.32 Å². The molecule has 0 radical (unpaired) electrons. The van der Waals surface area contributed by atoms with Gasteiger partial charge in [0.2, 0.25) is 5.91 Å². The molecule has 1 rings (SSSR count). The fourth-order valence-corrected chi connectivity index (χ4v) is 6.83. The number of hydrogen-bond acceptors (Lipinski definition) is 9. The molecule has 0 saturated carbocycles. The third-order valence-electron chi connectivity index (χ3n) is 10.3. The van der Waals surface area contributed by atoms with Gasteiger partial charge in [-0.15, -0.1) is 6.58 Å². The molecule has 308 valence electrons. The first kappa shape index (κ1) is 48.9. The van der Waals surface area contributed by atoms with Crippen molar-refractivity contribution in [3.8, 4) is 0 Å². The van der Waals surface area contributed by atoms with E-state index in [1.165, 1.54) is 135 Å². The summed E-state index contributed by atoms with van der Waals surface area (Å²) in [6.07, 6.45) is 24.5. The third-order valence-corrected chi connectivity index (χ3v) is 10.3. The number of allylic oxidation sites excluding steroid dienone is 1. The first-order chi connectivity index (χ1) is 25.2. The highest BCUT2D eigenvalue weighted by molar-refractivity contribution is 5.76. The Kier molecular flexibility index (Phi) is 31.3. The second-order valence-corrected chi connectivity index (χ2v) is 15.3. The van der Waals surface area contributed by atoms with Gasteiger partial charge in [0.25, 0.3) is 0 Å². The van der Waals surface area contributed by atoms with Crippen LogP contribution in [-0.4, -0.2) is 100 Å². The Morgan fingerprint density at radius 1 is 0.712 bits per heavy atom. The van der Waals surface area contributed by atoms with E-state index in [1.54, 1.807) is 6.08 Å². The highest BCUT2D eigenvalue weighted by atomic mass is 16.7. The predicted molar refractivity (Wildman–Crippen MR) is 209 cm³/mol. The molecule has 0 aromatic rings. The molecule has 1 heterocycles. The molecule has 0 bridgehead atoms. The van der Waals surface area contributed by atoms with Gasteiger partial charge in [-0.3, -0.25) is 4.79 Å². The summed E-state index contributed by atoms with van der Waals surface area (Å²) in [6, 6.07) is -0.967. The molecule has 0 aliphatic carbocycles. The molecule has 8 atom stereocenters. The van der Waals surface area contributed by atoms with Crippen molar-refractivity contribution in [2.75, 3.05) is 19.8 Å². The number of ether oxygens (including phenoxy) is 3. The van der Waals surface area contributed by atoms with Gasteiger partial charge in [-0.25, -0.2) is 0 Å². The van der Waals surface area contributed by atoms with Crippen LogP contribution in [0.3, 0.4) is 0 Å². The number of carbonyl (C=O) groups excluding carboxylic acids is 1.